The fourth-order valence-electron chi connectivity index (χ4n) is 2.85. The largest absolute Gasteiger partial charge is 0.325 e. The number of para-hydroxylation sites is 1. The maximum atomic E-state index is 12.2. The number of amides is 1. The molecule has 2 aromatic carbocycles. The van der Waals surface area contributed by atoms with Gasteiger partial charge in [0.05, 0.1) is 22.6 Å². The number of carbonyl (C=O) groups excluding carboxylic acids is 1. The fourth-order valence-corrected chi connectivity index (χ4v) is 2.85. The number of rotatable bonds is 5. The molecule has 3 rings (SSSR count). The second-order valence-corrected chi connectivity index (χ2v) is 6.21. The Bertz CT molecular complexity index is 964. The minimum atomic E-state index is -0.102. The summed E-state index contributed by atoms with van der Waals surface area (Å²) in [6, 6.07) is 19.2. The second kappa shape index (κ2) is 7.66. The molecule has 0 aliphatic rings. The van der Waals surface area contributed by atoms with E-state index in [0.29, 0.717) is 24.1 Å². The lowest BCUT2D eigenvalue weighted by Crippen LogP contribution is -2.13. The number of carbonyl (C=O) groups is 1. The quantitative estimate of drug-likeness (QED) is 0.762. The van der Waals surface area contributed by atoms with Crippen molar-refractivity contribution in [1.29, 1.82) is 5.26 Å². The molecule has 130 valence electrons. The van der Waals surface area contributed by atoms with Crippen LogP contribution < -0.4 is 5.32 Å². The van der Waals surface area contributed by atoms with Gasteiger partial charge in [-0.1, -0.05) is 24.3 Å². The summed E-state index contributed by atoms with van der Waals surface area (Å²) in [5.74, 6) is -0.102. The number of nitrogens with zero attached hydrogens (tertiary/aromatic N) is 3. The van der Waals surface area contributed by atoms with Crippen LogP contribution in [0.5, 0.6) is 0 Å². The lowest BCUT2D eigenvalue weighted by molar-refractivity contribution is -0.116. The number of nitrogens with one attached hydrogen (secondary N) is 1. The average molecular weight is 344 g/mol. The van der Waals surface area contributed by atoms with Crippen LogP contribution in [0.3, 0.4) is 0 Å². The molecule has 0 bridgehead atoms. The molecule has 0 atom stereocenters. The summed E-state index contributed by atoms with van der Waals surface area (Å²) >= 11 is 0. The van der Waals surface area contributed by atoms with Gasteiger partial charge in [0.2, 0.25) is 5.91 Å². The Hall–Kier alpha value is -3.39. The van der Waals surface area contributed by atoms with Crippen molar-refractivity contribution in [3.8, 4) is 11.8 Å². The Morgan fingerprint density at radius 2 is 1.88 bits per heavy atom. The molecule has 26 heavy (non-hydrogen) atoms. The first-order valence-corrected chi connectivity index (χ1v) is 8.48. The molecule has 1 heterocycles. The number of aryl methyl sites for hydroxylation is 3. The Kier molecular flexibility index (Phi) is 5.14. The number of hydrogen-bond acceptors (Lipinski definition) is 3. The number of hydrogen-bond donors (Lipinski definition) is 1. The summed E-state index contributed by atoms with van der Waals surface area (Å²) < 4.78 is 1.91. The van der Waals surface area contributed by atoms with Crippen molar-refractivity contribution >= 4 is 11.6 Å². The monoisotopic (exact) mass is 344 g/mol. The van der Waals surface area contributed by atoms with Crippen LogP contribution in [0.4, 0.5) is 5.69 Å². The molecule has 1 N–H and O–H groups in total. The standard InChI is InChI=1S/C21H20N4O/c1-15-13-16(2)25(24-15)19-10-7-17(8-11-19)9-12-21(26)23-20-6-4-3-5-18(20)14-22/h3-8,10-11,13H,9,12H2,1-2H3,(H,23,26). The number of aromatic nitrogens is 2. The van der Waals surface area contributed by atoms with E-state index in [2.05, 4.69) is 16.5 Å². The minimum Gasteiger partial charge on any atom is -0.325 e. The molecule has 0 fully saturated rings. The van der Waals surface area contributed by atoms with Gasteiger partial charge in [0.1, 0.15) is 6.07 Å². The van der Waals surface area contributed by atoms with Crippen LogP contribution in [0.25, 0.3) is 5.69 Å². The average Bonchev–Trinajstić information content (AvgIpc) is 2.99. The Morgan fingerprint density at radius 1 is 1.15 bits per heavy atom. The second-order valence-electron chi connectivity index (χ2n) is 6.21. The Labute approximate surface area is 152 Å². The molecule has 5 nitrogen and oxygen atoms in total. The lowest BCUT2D eigenvalue weighted by atomic mass is 10.1. The van der Waals surface area contributed by atoms with E-state index in [1.54, 1.807) is 24.3 Å². The van der Waals surface area contributed by atoms with E-state index in [0.717, 1.165) is 22.6 Å². The summed E-state index contributed by atoms with van der Waals surface area (Å²) in [5, 5.41) is 16.3. The molecule has 5 heteroatoms. The molecule has 0 radical (unpaired) electrons. The van der Waals surface area contributed by atoms with Crippen LogP contribution in [-0.4, -0.2) is 15.7 Å². The van der Waals surface area contributed by atoms with E-state index >= 15 is 0 Å². The fraction of sp³-hybridized carbons (Fsp3) is 0.190. The maximum Gasteiger partial charge on any atom is 0.224 e. The SMILES string of the molecule is Cc1cc(C)n(-c2ccc(CCC(=O)Nc3ccccc3C#N)cc2)n1. The lowest BCUT2D eigenvalue weighted by Gasteiger charge is -2.08. The van der Waals surface area contributed by atoms with Gasteiger partial charge in [-0.2, -0.15) is 10.4 Å². The normalized spacial score (nSPS) is 10.3. The minimum absolute atomic E-state index is 0.102. The molecule has 0 saturated heterocycles. The van der Waals surface area contributed by atoms with Crippen molar-refractivity contribution in [1.82, 2.24) is 9.78 Å². The van der Waals surface area contributed by atoms with E-state index in [1.807, 2.05) is 48.9 Å². The van der Waals surface area contributed by atoms with Gasteiger partial charge in [-0.15, -0.1) is 0 Å². The maximum absolute atomic E-state index is 12.2. The first-order valence-electron chi connectivity index (χ1n) is 8.48. The third-order valence-corrected chi connectivity index (χ3v) is 4.15. The predicted octanol–water partition coefficient (Wildman–Crippen LogP) is 3.93. The molecule has 0 saturated carbocycles. The molecule has 0 unspecified atom stereocenters. The molecule has 1 aromatic heterocycles. The van der Waals surface area contributed by atoms with Crippen molar-refractivity contribution in [3.63, 3.8) is 0 Å². The zero-order valence-corrected chi connectivity index (χ0v) is 14.9. The molecule has 0 aliphatic heterocycles. The summed E-state index contributed by atoms with van der Waals surface area (Å²) in [7, 11) is 0. The van der Waals surface area contributed by atoms with E-state index in [9.17, 15) is 4.79 Å². The van der Waals surface area contributed by atoms with Gasteiger partial charge in [-0.05, 0) is 56.2 Å². The Morgan fingerprint density at radius 3 is 2.54 bits per heavy atom. The summed E-state index contributed by atoms with van der Waals surface area (Å²) in [6.07, 6.45) is 0.997. The third kappa shape index (κ3) is 3.98. The topological polar surface area (TPSA) is 70.7 Å². The van der Waals surface area contributed by atoms with E-state index in [1.165, 1.54) is 0 Å². The van der Waals surface area contributed by atoms with Crippen molar-refractivity contribution < 1.29 is 4.79 Å². The van der Waals surface area contributed by atoms with Crippen molar-refractivity contribution in [3.05, 3.63) is 77.1 Å². The molecule has 0 spiro atoms. The zero-order valence-electron chi connectivity index (χ0n) is 14.9. The van der Waals surface area contributed by atoms with Crippen LogP contribution in [0.1, 0.15) is 28.9 Å². The van der Waals surface area contributed by atoms with Crippen molar-refractivity contribution in [2.75, 3.05) is 5.32 Å². The summed E-state index contributed by atoms with van der Waals surface area (Å²) in [6.45, 7) is 4.00. The third-order valence-electron chi connectivity index (χ3n) is 4.15. The van der Waals surface area contributed by atoms with E-state index in [-0.39, 0.29) is 5.91 Å². The molecular formula is C21H20N4O. The van der Waals surface area contributed by atoms with Gasteiger partial charge in [-0.25, -0.2) is 4.68 Å². The van der Waals surface area contributed by atoms with Crippen LogP contribution in [0.15, 0.2) is 54.6 Å². The Balaban J connectivity index is 1.60. The highest BCUT2D eigenvalue weighted by molar-refractivity contribution is 5.92. The molecule has 1 amide bonds. The first kappa shape index (κ1) is 17.4. The van der Waals surface area contributed by atoms with Gasteiger partial charge in [0.15, 0.2) is 0 Å². The number of anilines is 1. The molecule has 3 aromatic rings. The smallest absolute Gasteiger partial charge is 0.224 e. The first-order chi connectivity index (χ1) is 12.6. The van der Waals surface area contributed by atoms with Crippen LogP contribution in [-0.2, 0) is 11.2 Å². The molecule has 0 aliphatic carbocycles. The van der Waals surface area contributed by atoms with Gasteiger partial charge in [-0.3, -0.25) is 4.79 Å². The molecular weight excluding hydrogens is 324 g/mol. The summed E-state index contributed by atoms with van der Waals surface area (Å²) in [5.41, 5.74) is 5.19. The van der Waals surface area contributed by atoms with Gasteiger partial charge in [0, 0.05) is 12.1 Å². The van der Waals surface area contributed by atoms with Gasteiger partial charge < -0.3 is 5.32 Å². The van der Waals surface area contributed by atoms with Gasteiger partial charge in [0.25, 0.3) is 0 Å². The van der Waals surface area contributed by atoms with Gasteiger partial charge >= 0.3 is 0 Å². The van der Waals surface area contributed by atoms with Crippen molar-refractivity contribution in [2.24, 2.45) is 0 Å². The number of benzene rings is 2. The highest BCUT2D eigenvalue weighted by Gasteiger charge is 2.08. The van der Waals surface area contributed by atoms with Crippen LogP contribution >= 0.6 is 0 Å². The predicted molar refractivity (Wildman–Crippen MR) is 101 cm³/mol. The van der Waals surface area contributed by atoms with Crippen LogP contribution in [0.2, 0.25) is 0 Å². The highest BCUT2D eigenvalue weighted by atomic mass is 16.1. The van der Waals surface area contributed by atoms with E-state index < -0.39 is 0 Å². The van der Waals surface area contributed by atoms with E-state index in [4.69, 9.17) is 5.26 Å². The summed E-state index contributed by atoms with van der Waals surface area (Å²) in [4.78, 5) is 12.2. The van der Waals surface area contributed by atoms with Crippen LogP contribution in [0, 0.1) is 25.2 Å². The number of nitriles is 1. The zero-order chi connectivity index (χ0) is 18.5. The van der Waals surface area contributed by atoms with Crippen molar-refractivity contribution in [2.45, 2.75) is 26.7 Å². The highest BCUT2D eigenvalue weighted by Crippen LogP contribution is 2.16.